The van der Waals surface area contributed by atoms with E-state index < -0.39 is 4.92 Å². The van der Waals surface area contributed by atoms with Crippen molar-refractivity contribution in [3.8, 4) is 17.2 Å². The van der Waals surface area contributed by atoms with Crippen molar-refractivity contribution in [2.75, 3.05) is 20.3 Å². The Morgan fingerprint density at radius 2 is 1.83 bits per heavy atom. The van der Waals surface area contributed by atoms with Gasteiger partial charge in [-0.1, -0.05) is 29.5 Å². The third-order valence-corrected chi connectivity index (χ3v) is 6.26. The number of fused-ring (bicyclic) bond motifs is 3. The van der Waals surface area contributed by atoms with Crippen LogP contribution in [-0.4, -0.2) is 34.6 Å². The lowest BCUT2D eigenvalue weighted by Gasteiger charge is -2.11. The number of para-hydroxylation sites is 2. The van der Waals surface area contributed by atoms with E-state index in [4.69, 9.17) is 14.2 Å². The topological polar surface area (TPSA) is 105 Å². The van der Waals surface area contributed by atoms with Crippen LogP contribution in [0.1, 0.15) is 5.56 Å². The first-order valence-electron chi connectivity index (χ1n) is 10.6. The highest BCUT2D eigenvalue weighted by Gasteiger charge is 2.14. The number of methoxy groups -OCH3 is 1. The number of hydrogen-bond acceptors (Lipinski definition) is 8. The van der Waals surface area contributed by atoms with Gasteiger partial charge in [0.25, 0.3) is 11.2 Å². The van der Waals surface area contributed by atoms with Crippen molar-refractivity contribution >= 4 is 39.1 Å². The second-order valence-corrected chi connectivity index (χ2v) is 8.50. The van der Waals surface area contributed by atoms with E-state index in [0.29, 0.717) is 37.8 Å². The van der Waals surface area contributed by atoms with Crippen molar-refractivity contribution < 1.29 is 19.1 Å². The molecule has 0 saturated carbocycles. The first-order chi connectivity index (χ1) is 17.0. The Labute approximate surface area is 202 Å². The Balaban J connectivity index is 1.43. The number of nitro groups is 1. The molecule has 0 spiro atoms. The number of ether oxygens (including phenoxy) is 3. The van der Waals surface area contributed by atoms with Crippen LogP contribution >= 0.6 is 11.3 Å². The standard InChI is InChI=1S/C25H19N3O6S/c1-32-18-5-4-6-19(15-18)33-11-12-34-22-10-9-17(28(30)31)13-16(22)14-23-24(29)27-21-8-3-2-7-20(21)26-25(27)35-23/h2-10,13-15H,11-12H2,1H3/b23-14+. The first-order valence-corrected chi connectivity index (χ1v) is 11.4. The number of nitrogens with zero attached hydrogens (tertiary/aromatic N) is 3. The zero-order chi connectivity index (χ0) is 24.4. The van der Waals surface area contributed by atoms with Gasteiger partial charge in [0.1, 0.15) is 30.5 Å². The van der Waals surface area contributed by atoms with E-state index >= 15 is 0 Å². The van der Waals surface area contributed by atoms with Gasteiger partial charge in [-0.3, -0.25) is 14.9 Å². The molecule has 0 bridgehead atoms. The Morgan fingerprint density at radius 1 is 1.03 bits per heavy atom. The molecule has 176 valence electrons. The minimum Gasteiger partial charge on any atom is -0.497 e. The van der Waals surface area contributed by atoms with Gasteiger partial charge in [-0.05, 0) is 36.4 Å². The summed E-state index contributed by atoms with van der Waals surface area (Å²) in [5.41, 5.74) is 1.53. The third kappa shape index (κ3) is 4.51. The van der Waals surface area contributed by atoms with Crippen LogP contribution in [0.3, 0.4) is 0 Å². The second-order valence-electron chi connectivity index (χ2n) is 7.49. The maximum absolute atomic E-state index is 13.1. The van der Waals surface area contributed by atoms with E-state index in [2.05, 4.69) is 4.98 Å². The molecule has 0 aliphatic rings. The largest absolute Gasteiger partial charge is 0.497 e. The molecule has 0 unspecified atom stereocenters. The number of rotatable bonds is 8. The number of imidazole rings is 1. The Bertz CT molecular complexity index is 1660. The Morgan fingerprint density at radius 3 is 2.66 bits per heavy atom. The van der Waals surface area contributed by atoms with E-state index in [-0.39, 0.29) is 24.5 Å². The molecule has 0 aliphatic heterocycles. The van der Waals surface area contributed by atoms with Gasteiger partial charge in [0.15, 0.2) is 4.96 Å². The zero-order valence-electron chi connectivity index (χ0n) is 18.5. The maximum Gasteiger partial charge on any atom is 0.274 e. The van der Waals surface area contributed by atoms with Crippen molar-refractivity contribution in [1.29, 1.82) is 0 Å². The summed E-state index contributed by atoms with van der Waals surface area (Å²) < 4.78 is 18.7. The van der Waals surface area contributed by atoms with Gasteiger partial charge in [-0.15, -0.1) is 0 Å². The molecule has 0 N–H and O–H groups in total. The molecule has 0 fully saturated rings. The van der Waals surface area contributed by atoms with Crippen LogP contribution in [0.25, 0.3) is 22.1 Å². The van der Waals surface area contributed by atoms with Gasteiger partial charge in [0.2, 0.25) is 0 Å². The van der Waals surface area contributed by atoms with E-state index in [1.807, 2.05) is 36.4 Å². The smallest absolute Gasteiger partial charge is 0.274 e. The van der Waals surface area contributed by atoms with E-state index in [1.54, 1.807) is 29.7 Å². The molecule has 0 saturated heterocycles. The van der Waals surface area contributed by atoms with Crippen LogP contribution < -0.4 is 24.3 Å². The predicted octanol–water partition coefficient (Wildman–Crippen LogP) is 3.83. The average Bonchev–Trinajstić information content (AvgIpc) is 3.38. The molecular weight excluding hydrogens is 470 g/mol. The fourth-order valence-corrected chi connectivity index (χ4v) is 4.63. The Kier molecular flexibility index (Phi) is 6.02. The number of benzene rings is 3. The number of nitro benzene ring substituents is 1. The van der Waals surface area contributed by atoms with Crippen molar-refractivity contribution in [3.05, 3.63) is 97.3 Å². The van der Waals surface area contributed by atoms with Crippen LogP contribution in [0.2, 0.25) is 0 Å². The third-order valence-electron chi connectivity index (χ3n) is 5.29. The van der Waals surface area contributed by atoms with Crippen LogP contribution in [-0.2, 0) is 0 Å². The molecule has 0 atom stereocenters. The molecule has 0 aliphatic carbocycles. The fraction of sp³-hybridized carbons (Fsp3) is 0.120. The number of hydrogen-bond donors (Lipinski definition) is 0. The van der Waals surface area contributed by atoms with Gasteiger partial charge >= 0.3 is 0 Å². The first kappa shape index (κ1) is 22.4. The van der Waals surface area contributed by atoms with Crippen LogP contribution in [0.5, 0.6) is 17.2 Å². The minimum atomic E-state index is -0.486. The highest BCUT2D eigenvalue weighted by atomic mass is 32.1. The van der Waals surface area contributed by atoms with Crippen LogP contribution in [0.15, 0.2) is 71.5 Å². The fourth-order valence-electron chi connectivity index (χ4n) is 3.65. The molecular formula is C25H19N3O6S. The lowest BCUT2D eigenvalue weighted by atomic mass is 10.1. The quantitative estimate of drug-likeness (QED) is 0.185. The second kappa shape index (κ2) is 9.43. The monoisotopic (exact) mass is 489 g/mol. The van der Waals surface area contributed by atoms with Gasteiger partial charge in [0.05, 0.1) is 27.6 Å². The summed E-state index contributed by atoms with van der Waals surface area (Å²) >= 11 is 1.22. The lowest BCUT2D eigenvalue weighted by Crippen LogP contribution is -2.22. The van der Waals surface area contributed by atoms with Crippen molar-refractivity contribution in [2.45, 2.75) is 0 Å². The van der Waals surface area contributed by atoms with Crippen molar-refractivity contribution in [1.82, 2.24) is 9.38 Å². The molecule has 10 heteroatoms. The molecule has 2 heterocycles. The SMILES string of the molecule is COc1cccc(OCCOc2ccc([N+](=O)[O-])cc2/C=c2/sc3nc4ccccc4n3c2=O)c1. The highest BCUT2D eigenvalue weighted by molar-refractivity contribution is 7.15. The van der Waals surface area contributed by atoms with Crippen molar-refractivity contribution in [3.63, 3.8) is 0 Å². The number of aromatic nitrogens is 2. The van der Waals surface area contributed by atoms with Gasteiger partial charge in [-0.25, -0.2) is 9.38 Å². The number of thiazole rings is 1. The van der Waals surface area contributed by atoms with E-state index in [0.717, 1.165) is 5.52 Å². The van der Waals surface area contributed by atoms with Gasteiger partial charge in [-0.2, -0.15) is 0 Å². The number of non-ortho nitro benzene ring substituents is 1. The minimum absolute atomic E-state index is 0.101. The summed E-state index contributed by atoms with van der Waals surface area (Å²) in [7, 11) is 1.58. The van der Waals surface area contributed by atoms with Crippen LogP contribution in [0.4, 0.5) is 5.69 Å². The molecule has 2 aromatic heterocycles. The molecule has 5 rings (SSSR count). The predicted molar refractivity (Wildman–Crippen MR) is 133 cm³/mol. The molecule has 35 heavy (non-hydrogen) atoms. The van der Waals surface area contributed by atoms with E-state index in [9.17, 15) is 14.9 Å². The van der Waals surface area contributed by atoms with Gasteiger partial charge in [0, 0.05) is 23.8 Å². The summed E-state index contributed by atoms with van der Waals surface area (Å²) in [4.78, 5) is 29.0. The van der Waals surface area contributed by atoms with Gasteiger partial charge < -0.3 is 14.2 Å². The molecule has 5 aromatic rings. The zero-order valence-corrected chi connectivity index (χ0v) is 19.4. The van der Waals surface area contributed by atoms with E-state index in [1.165, 1.54) is 29.5 Å². The normalized spacial score (nSPS) is 11.7. The summed E-state index contributed by atoms with van der Waals surface area (Å²) in [6.07, 6.45) is 1.60. The molecule has 0 radical (unpaired) electrons. The average molecular weight is 490 g/mol. The van der Waals surface area contributed by atoms with Crippen LogP contribution in [0, 0.1) is 10.1 Å². The van der Waals surface area contributed by atoms with Crippen molar-refractivity contribution in [2.24, 2.45) is 0 Å². The highest BCUT2D eigenvalue weighted by Crippen LogP contribution is 2.26. The lowest BCUT2D eigenvalue weighted by molar-refractivity contribution is -0.384. The molecule has 3 aromatic carbocycles. The summed E-state index contributed by atoms with van der Waals surface area (Å²) in [5.74, 6) is 1.72. The maximum atomic E-state index is 13.1. The molecule has 0 amide bonds. The summed E-state index contributed by atoms with van der Waals surface area (Å²) in [6, 6.07) is 18.9. The summed E-state index contributed by atoms with van der Waals surface area (Å²) in [6.45, 7) is 0.438. The molecule has 9 nitrogen and oxygen atoms in total. The summed E-state index contributed by atoms with van der Waals surface area (Å²) in [5, 5.41) is 11.3. The Hall–Kier alpha value is -4.44.